The van der Waals surface area contributed by atoms with Crippen molar-refractivity contribution in [1.82, 2.24) is 30.0 Å². The van der Waals surface area contributed by atoms with E-state index in [9.17, 15) is 29.1 Å². The fourth-order valence-corrected chi connectivity index (χ4v) is 12.3. The van der Waals surface area contributed by atoms with E-state index in [1.807, 2.05) is 103 Å². The fourth-order valence-electron chi connectivity index (χ4n) is 11.4. The Bertz CT molecular complexity index is 3300. The number of piperazine rings is 1. The van der Waals surface area contributed by atoms with Gasteiger partial charge in [0.1, 0.15) is 11.6 Å². The number of anilines is 3. The number of carboxylic acids is 1. The molecule has 0 spiro atoms. The number of rotatable bonds is 13. The molecule has 11 rings (SSSR count). The highest BCUT2D eigenvalue weighted by Gasteiger charge is 2.33. The molecular weight excluding hydrogens is 955 g/mol. The van der Waals surface area contributed by atoms with Gasteiger partial charge in [-0.1, -0.05) is 47.7 Å². The highest BCUT2D eigenvalue weighted by atomic mass is 32.1. The minimum atomic E-state index is -1.12. The highest BCUT2D eigenvalue weighted by molar-refractivity contribution is 7.22. The lowest BCUT2D eigenvalue weighted by molar-refractivity contribution is -0.134. The minimum absolute atomic E-state index is 0.0405. The Balaban J connectivity index is 0.657. The zero-order chi connectivity index (χ0) is 51.0. The van der Waals surface area contributed by atoms with Gasteiger partial charge in [0.15, 0.2) is 10.8 Å². The SMILES string of the molecule is Cc1c(O[C@H]2CC[C@H](CCCC(=O)N3CCN(c4ccc5c(C6CCC(=O)NC6=O)nn(C)c5c4)CC3)CC2)cccc1-c1ccc(N2CCc3cccc(C(=O)Nc4nc5ccccc5s4)c3C2)nc1C(=O)O. The number of aromatic carboxylic acids is 1. The number of nitrogens with one attached hydrogen (secondary N) is 2. The number of hydrogen-bond donors (Lipinski definition) is 3. The maximum atomic E-state index is 13.7. The van der Waals surface area contributed by atoms with Gasteiger partial charge in [0.2, 0.25) is 17.7 Å². The van der Waals surface area contributed by atoms with Crippen molar-refractivity contribution in [3.63, 3.8) is 0 Å². The van der Waals surface area contributed by atoms with Gasteiger partial charge in [0, 0.05) is 81.4 Å². The summed E-state index contributed by atoms with van der Waals surface area (Å²) < 4.78 is 9.45. The molecule has 1 unspecified atom stereocenters. The summed E-state index contributed by atoms with van der Waals surface area (Å²) in [6.07, 6.45) is 7.75. The van der Waals surface area contributed by atoms with Crippen molar-refractivity contribution >= 4 is 78.7 Å². The van der Waals surface area contributed by atoms with Crippen molar-refractivity contribution in [2.45, 2.75) is 89.7 Å². The van der Waals surface area contributed by atoms with Gasteiger partial charge in [0.05, 0.1) is 33.4 Å². The largest absolute Gasteiger partial charge is 0.490 e. The van der Waals surface area contributed by atoms with E-state index in [-0.39, 0.29) is 35.4 Å². The second kappa shape index (κ2) is 20.7. The normalized spacial score (nSPS) is 19.1. The van der Waals surface area contributed by atoms with Crippen LogP contribution in [0.5, 0.6) is 5.75 Å². The predicted molar refractivity (Wildman–Crippen MR) is 285 cm³/mol. The summed E-state index contributed by atoms with van der Waals surface area (Å²) in [6.45, 7) is 5.79. The second-order valence-corrected chi connectivity index (χ2v) is 21.1. The number of carbonyl (C=O) groups excluding carboxylic acids is 4. The molecule has 1 aliphatic carbocycles. The summed E-state index contributed by atoms with van der Waals surface area (Å²) in [5, 5.41) is 22.1. The first-order valence-electron chi connectivity index (χ1n) is 25.8. The molecule has 0 bridgehead atoms. The fraction of sp³-hybridized carbons (Fsp3) is 0.368. The molecule has 380 valence electrons. The quantitative estimate of drug-likeness (QED) is 0.0930. The number of aryl methyl sites for hydroxylation is 1. The van der Waals surface area contributed by atoms with Crippen molar-refractivity contribution in [2.75, 3.05) is 47.8 Å². The molecule has 16 nitrogen and oxygen atoms in total. The molecule has 1 atom stereocenters. The van der Waals surface area contributed by atoms with Crippen LogP contribution in [-0.2, 0) is 34.4 Å². The second-order valence-electron chi connectivity index (χ2n) is 20.1. The zero-order valence-electron chi connectivity index (χ0n) is 41.6. The number of carbonyl (C=O) groups is 5. The minimum Gasteiger partial charge on any atom is -0.490 e. The third-order valence-electron chi connectivity index (χ3n) is 15.5. The molecule has 2 saturated heterocycles. The van der Waals surface area contributed by atoms with Gasteiger partial charge in [-0.25, -0.2) is 14.8 Å². The summed E-state index contributed by atoms with van der Waals surface area (Å²) in [5.74, 6) is -0.325. The number of nitrogens with zero attached hydrogens (tertiary/aromatic N) is 7. The Kier molecular flexibility index (Phi) is 13.6. The Labute approximate surface area is 432 Å². The van der Waals surface area contributed by atoms with E-state index in [0.29, 0.717) is 85.6 Å². The van der Waals surface area contributed by atoms with Crippen molar-refractivity contribution in [3.8, 4) is 16.9 Å². The van der Waals surface area contributed by atoms with Crippen LogP contribution in [0.2, 0.25) is 0 Å². The maximum absolute atomic E-state index is 13.7. The molecule has 0 radical (unpaired) electrons. The molecule has 3 N–H and O–H groups in total. The van der Waals surface area contributed by atoms with E-state index in [0.717, 1.165) is 106 Å². The van der Waals surface area contributed by atoms with E-state index in [1.165, 1.54) is 11.3 Å². The third kappa shape index (κ3) is 9.92. The first-order chi connectivity index (χ1) is 35.9. The number of carboxylic acid groups (broad SMARTS) is 1. The van der Waals surface area contributed by atoms with E-state index in [2.05, 4.69) is 37.7 Å². The molecule has 4 amide bonds. The van der Waals surface area contributed by atoms with E-state index < -0.39 is 11.9 Å². The van der Waals surface area contributed by atoms with Crippen molar-refractivity contribution < 1.29 is 33.8 Å². The van der Waals surface area contributed by atoms with Gasteiger partial charge >= 0.3 is 5.97 Å². The Morgan fingerprint density at radius 3 is 2.45 bits per heavy atom. The molecule has 6 heterocycles. The Hall–Kier alpha value is -7.66. The molecule has 4 aromatic carbocycles. The molecule has 4 aliphatic rings. The predicted octanol–water partition coefficient (Wildman–Crippen LogP) is 9.04. The number of piperidine rings is 1. The van der Waals surface area contributed by atoms with Crippen LogP contribution in [0.15, 0.2) is 91.0 Å². The number of ether oxygens (including phenoxy) is 1. The number of aromatic nitrogens is 4. The summed E-state index contributed by atoms with van der Waals surface area (Å²) in [6, 6.07) is 29.2. The summed E-state index contributed by atoms with van der Waals surface area (Å²) in [4.78, 5) is 79.9. The number of para-hydroxylation sites is 1. The molecule has 74 heavy (non-hydrogen) atoms. The van der Waals surface area contributed by atoms with Gasteiger partial charge in [-0.3, -0.25) is 34.5 Å². The van der Waals surface area contributed by atoms with Crippen molar-refractivity contribution in [3.05, 3.63) is 125 Å². The van der Waals surface area contributed by atoms with E-state index >= 15 is 0 Å². The standard InChI is InChI=1S/C57H59N9O7S/c1-34-39(40-22-24-49(59-53(40)56(71)72)66-27-26-36-9-6-11-41(44(36)33-66)54(69)61-57-58-45-12-3-4-14-48(45)74-57)10-7-13-47(34)73-38-19-16-35(17-20-38)8-5-15-51(68)65-30-28-64(29-31-65)37-18-21-42-46(32-37)63(2)62-52(42)43-23-25-50(67)60-55(43)70/h3-4,6-7,9-14,18,21-22,24,32,35,38,43H,5,8,15-17,19-20,23,25-31,33H2,1-2H3,(H,71,72)(H,58,61,69)(H,60,67,70)/t35-,38-,43?. The average molecular weight is 1010 g/mol. The number of hydrogen-bond acceptors (Lipinski definition) is 12. The molecule has 3 aliphatic heterocycles. The van der Waals surface area contributed by atoms with Crippen LogP contribution in [0.25, 0.3) is 32.2 Å². The Morgan fingerprint density at radius 1 is 0.838 bits per heavy atom. The smallest absolute Gasteiger partial charge is 0.355 e. The number of thiazole rings is 1. The van der Waals surface area contributed by atoms with Crippen molar-refractivity contribution in [1.29, 1.82) is 0 Å². The monoisotopic (exact) mass is 1010 g/mol. The average Bonchev–Trinajstić information content (AvgIpc) is 3.98. The van der Waals surface area contributed by atoms with Crippen LogP contribution in [0, 0.1) is 12.8 Å². The molecular formula is C57H59N9O7S. The molecule has 3 fully saturated rings. The lowest BCUT2D eigenvalue weighted by atomic mass is 9.84. The number of benzene rings is 4. The van der Waals surface area contributed by atoms with Gasteiger partial charge in [-0.05, 0) is 141 Å². The summed E-state index contributed by atoms with van der Waals surface area (Å²) in [7, 11) is 1.88. The Morgan fingerprint density at radius 2 is 1.65 bits per heavy atom. The third-order valence-corrected chi connectivity index (χ3v) is 16.5. The first kappa shape index (κ1) is 48.6. The molecule has 3 aromatic heterocycles. The van der Waals surface area contributed by atoms with Gasteiger partial charge in [-0.2, -0.15) is 5.10 Å². The molecule has 17 heteroatoms. The van der Waals surface area contributed by atoms with Crippen LogP contribution in [0.3, 0.4) is 0 Å². The van der Waals surface area contributed by atoms with Crippen LogP contribution in [0.4, 0.5) is 16.6 Å². The number of fused-ring (bicyclic) bond motifs is 3. The molecule has 7 aromatic rings. The highest BCUT2D eigenvalue weighted by Crippen LogP contribution is 2.38. The number of pyridine rings is 1. The van der Waals surface area contributed by atoms with Gasteiger partial charge < -0.3 is 24.5 Å². The molecule has 1 saturated carbocycles. The van der Waals surface area contributed by atoms with Gasteiger partial charge in [0.25, 0.3) is 5.91 Å². The van der Waals surface area contributed by atoms with E-state index in [4.69, 9.17) is 9.72 Å². The number of imide groups is 1. The zero-order valence-corrected chi connectivity index (χ0v) is 42.5. The summed E-state index contributed by atoms with van der Waals surface area (Å²) in [5.41, 5.74) is 8.13. The first-order valence-corrected chi connectivity index (χ1v) is 26.6. The lowest BCUT2D eigenvalue weighted by Crippen LogP contribution is -2.48. The van der Waals surface area contributed by atoms with Crippen LogP contribution in [0.1, 0.15) is 107 Å². The summed E-state index contributed by atoms with van der Waals surface area (Å²) >= 11 is 1.43. The van der Waals surface area contributed by atoms with Crippen LogP contribution >= 0.6 is 11.3 Å². The number of amides is 4. The topological polar surface area (TPSA) is 192 Å². The van der Waals surface area contributed by atoms with Crippen LogP contribution < -0.4 is 25.2 Å². The van der Waals surface area contributed by atoms with Gasteiger partial charge in [-0.15, -0.1) is 0 Å². The lowest BCUT2D eigenvalue weighted by Gasteiger charge is -2.36. The van der Waals surface area contributed by atoms with E-state index in [1.54, 1.807) is 4.68 Å². The van der Waals surface area contributed by atoms with Crippen LogP contribution in [-0.4, -0.2) is 98.2 Å². The van der Waals surface area contributed by atoms with Crippen molar-refractivity contribution in [2.24, 2.45) is 13.0 Å². The maximum Gasteiger partial charge on any atom is 0.355 e.